The normalized spacial score (nSPS) is 12.7. The number of halogens is 4. The van der Waals surface area contributed by atoms with Crippen LogP contribution in [0.25, 0.3) is 11.4 Å². The highest BCUT2D eigenvalue weighted by atomic mass is 79.9. The van der Waals surface area contributed by atoms with Crippen LogP contribution in [0.1, 0.15) is 5.56 Å². The average Bonchev–Trinajstić information content (AvgIpc) is 2.69. The van der Waals surface area contributed by atoms with Gasteiger partial charge in [0.2, 0.25) is 0 Å². The van der Waals surface area contributed by atoms with E-state index in [1.165, 1.54) is 19.2 Å². The Kier molecular flexibility index (Phi) is 3.84. The molecule has 0 saturated carbocycles. The third-order valence-corrected chi connectivity index (χ3v) is 3.98. The summed E-state index contributed by atoms with van der Waals surface area (Å²) in [4.78, 5) is 0. The van der Waals surface area contributed by atoms with Gasteiger partial charge in [0.1, 0.15) is 0 Å². The minimum atomic E-state index is -4.63. The van der Waals surface area contributed by atoms with Gasteiger partial charge in [0.15, 0.2) is 5.82 Å². The Bertz CT molecular complexity index is 801. The molecular weight excluding hydrogens is 377 g/mol. The second-order valence-corrected chi connectivity index (χ2v) is 6.47. The third-order valence-electron chi connectivity index (χ3n) is 2.62. The first-order valence-electron chi connectivity index (χ1n) is 5.31. The van der Waals surface area contributed by atoms with Crippen LogP contribution in [0.4, 0.5) is 13.2 Å². The van der Waals surface area contributed by atoms with Gasteiger partial charge in [-0.1, -0.05) is 15.9 Å². The van der Waals surface area contributed by atoms with Crippen LogP contribution in [-0.2, 0) is 23.2 Å². The number of benzene rings is 1. The summed E-state index contributed by atoms with van der Waals surface area (Å²) >= 11 is 2.96. The molecule has 1 aromatic carbocycles. The van der Waals surface area contributed by atoms with Gasteiger partial charge < -0.3 is 0 Å². The van der Waals surface area contributed by atoms with E-state index in [9.17, 15) is 21.6 Å². The summed E-state index contributed by atoms with van der Waals surface area (Å²) in [6.45, 7) is 0. The Hall–Kier alpha value is -1.46. The van der Waals surface area contributed by atoms with Crippen molar-refractivity contribution in [3.8, 4) is 11.4 Å². The Morgan fingerprint density at radius 2 is 1.90 bits per heavy atom. The number of rotatable bonds is 2. The fraction of sp³-hybridized carbons (Fsp3) is 0.200. The molecule has 0 fully saturated rings. The molecule has 2 rings (SSSR count). The van der Waals surface area contributed by atoms with Crippen LogP contribution in [-0.4, -0.2) is 23.2 Å². The van der Waals surface area contributed by atoms with Crippen molar-refractivity contribution in [3.63, 3.8) is 0 Å². The molecule has 0 aliphatic carbocycles. The summed E-state index contributed by atoms with van der Waals surface area (Å²) in [6, 6.07) is 3.43. The number of hydrogen-bond donors (Lipinski definition) is 1. The molecule has 0 aliphatic rings. The molecular formula is C10H8BrF3N4O2S. The molecule has 1 heterocycles. The van der Waals surface area contributed by atoms with Gasteiger partial charge in [-0.25, -0.2) is 13.6 Å². The monoisotopic (exact) mass is 384 g/mol. The summed E-state index contributed by atoms with van der Waals surface area (Å²) in [6.07, 6.45) is -4.63. The number of hydrogen-bond acceptors (Lipinski definition) is 4. The summed E-state index contributed by atoms with van der Waals surface area (Å²) < 4.78 is 62.8. The number of nitrogens with two attached hydrogens (primary N) is 1. The van der Waals surface area contributed by atoms with Gasteiger partial charge in [-0.05, 0) is 18.2 Å². The zero-order chi connectivity index (χ0) is 16.0. The summed E-state index contributed by atoms with van der Waals surface area (Å²) in [5, 5.41) is 11.1. The molecule has 11 heteroatoms. The van der Waals surface area contributed by atoms with Gasteiger partial charge in [-0.3, -0.25) is 4.57 Å². The maximum absolute atomic E-state index is 13.1. The molecule has 2 N–H and O–H groups in total. The highest BCUT2D eigenvalue weighted by Gasteiger charge is 2.35. The number of sulfonamides is 1. The van der Waals surface area contributed by atoms with Gasteiger partial charge in [0.25, 0.3) is 15.2 Å². The Balaban J connectivity index is 2.72. The molecule has 0 aliphatic heterocycles. The standard InChI is InChI=1S/C10H8BrF3N4O2S/c1-18-8(16-17-9(18)21(15,19)20)6-3-2-5(11)4-7(6)10(12,13)14/h2-4H,1H3,(H2,15,19,20). The number of primary sulfonamides is 1. The van der Waals surface area contributed by atoms with Crippen LogP contribution in [0.15, 0.2) is 27.8 Å². The SMILES string of the molecule is Cn1c(-c2ccc(Br)cc2C(F)(F)F)nnc1S(N)(=O)=O. The third kappa shape index (κ3) is 3.09. The first-order valence-corrected chi connectivity index (χ1v) is 7.65. The van der Waals surface area contributed by atoms with Gasteiger partial charge in [0.05, 0.1) is 5.56 Å². The van der Waals surface area contributed by atoms with Gasteiger partial charge in [0, 0.05) is 17.1 Å². The van der Waals surface area contributed by atoms with Gasteiger partial charge in [-0.2, -0.15) is 13.2 Å². The van der Waals surface area contributed by atoms with E-state index in [0.717, 1.165) is 10.6 Å². The molecule has 0 saturated heterocycles. The smallest absolute Gasteiger partial charge is 0.300 e. The molecule has 0 unspecified atom stereocenters. The number of aromatic nitrogens is 3. The van der Waals surface area contributed by atoms with Crippen LogP contribution in [0, 0.1) is 0 Å². The van der Waals surface area contributed by atoms with E-state index in [1.807, 2.05) is 0 Å². The van der Waals surface area contributed by atoms with Gasteiger partial charge >= 0.3 is 6.18 Å². The van der Waals surface area contributed by atoms with E-state index in [1.54, 1.807) is 0 Å². The van der Waals surface area contributed by atoms with E-state index < -0.39 is 26.9 Å². The van der Waals surface area contributed by atoms with E-state index in [-0.39, 0.29) is 15.9 Å². The minimum Gasteiger partial charge on any atom is -0.300 e. The van der Waals surface area contributed by atoms with Crippen molar-refractivity contribution < 1.29 is 21.6 Å². The zero-order valence-electron chi connectivity index (χ0n) is 10.4. The predicted octanol–water partition coefficient (Wildman–Crippen LogP) is 1.91. The summed E-state index contributed by atoms with van der Waals surface area (Å²) in [5.74, 6) is -0.251. The Morgan fingerprint density at radius 3 is 2.38 bits per heavy atom. The lowest BCUT2D eigenvalue weighted by atomic mass is 10.1. The largest absolute Gasteiger partial charge is 0.417 e. The number of alkyl halides is 3. The topological polar surface area (TPSA) is 90.9 Å². The summed E-state index contributed by atoms with van der Waals surface area (Å²) in [5.41, 5.74) is -1.26. The maximum Gasteiger partial charge on any atom is 0.417 e. The Morgan fingerprint density at radius 1 is 1.29 bits per heavy atom. The predicted molar refractivity (Wildman–Crippen MR) is 70.5 cm³/mol. The van der Waals surface area contributed by atoms with Crippen molar-refractivity contribution in [1.82, 2.24) is 14.8 Å². The Labute approximate surface area is 126 Å². The van der Waals surface area contributed by atoms with Crippen LogP contribution < -0.4 is 5.14 Å². The van der Waals surface area contributed by atoms with Crippen LogP contribution in [0.2, 0.25) is 0 Å². The minimum absolute atomic E-state index is 0.229. The first-order chi connectivity index (χ1) is 9.51. The van der Waals surface area contributed by atoms with Crippen molar-refractivity contribution in [1.29, 1.82) is 0 Å². The van der Waals surface area contributed by atoms with Crippen LogP contribution in [0.5, 0.6) is 0 Å². The van der Waals surface area contributed by atoms with E-state index in [2.05, 4.69) is 26.1 Å². The van der Waals surface area contributed by atoms with E-state index in [4.69, 9.17) is 5.14 Å². The molecule has 2 aromatic rings. The summed E-state index contributed by atoms with van der Waals surface area (Å²) in [7, 11) is -2.96. The molecule has 6 nitrogen and oxygen atoms in total. The quantitative estimate of drug-likeness (QED) is 0.855. The lowest BCUT2D eigenvalue weighted by Gasteiger charge is -2.12. The van der Waals surface area contributed by atoms with Crippen molar-refractivity contribution >= 4 is 26.0 Å². The van der Waals surface area contributed by atoms with Crippen molar-refractivity contribution in [2.24, 2.45) is 12.2 Å². The van der Waals surface area contributed by atoms with Crippen molar-refractivity contribution in [2.45, 2.75) is 11.3 Å². The molecule has 21 heavy (non-hydrogen) atoms. The maximum atomic E-state index is 13.1. The van der Waals surface area contributed by atoms with Crippen LogP contribution >= 0.6 is 15.9 Å². The molecule has 0 radical (unpaired) electrons. The second kappa shape index (κ2) is 5.07. The number of nitrogens with zero attached hydrogens (tertiary/aromatic N) is 3. The van der Waals surface area contributed by atoms with Crippen molar-refractivity contribution in [3.05, 3.63) is 28.2 Å². The highest BCUT2D eigenvalue weighted by molar-refractivity contribution is 9.10. The fourth-order valence-corrected chi connectivity index (χ4v) is 2.73. The van der Waals surface area contributed by atoms with Crippen LogP contribution in [0.3, 0.4) is 0 Å². The molecule has 1 aromatic heterocycles. The van der Waals surface area contributed by atoms with Gasteiger partial charge in [-0.15, -0.1) is 10.2 Å². The lowest BCUT2D eigenvalue weighted by molar-refractivity contribution is -0.137. The molecule has 0 bridgehead atoms. The lowest BCUT2D eigenvalue weighted by Crippen LogP contribution is -2.17. The highest BCUT2D eigenvalue weighted by Crippen LogP contribution is 2.38. The molecule has 0 atom stereocenters. The van der Waals surface area contributed by atoms with E-state index >= 15 is 0 Å². The second-order valence-electron chi connectivity index (χ2n) is 4.10. The average molecular weight is 385 g/mol. The fourth-order valence-electron chi connectivity index (χ4n) is 1.74. The molecule has 114 valence electrons. The zero-order valence-corrected chi connectivity index (χ0v) is 12.8. The molecule has 0 amide bonds. The molecule has 0 spiro atoms. The van der Waals surface area contributed by atoms with E-state index in [0.29, 0.717) is 0 Å². The van der Waals surface area contributed by atoms with Crippen molar-refractivity contribution in [2.75, 3.05) is 0 Å². The first kappa shape index (κ1) is 15.9.